The van der Waals surface area contributed by atoms with Crippen molar-refractivity contribution in [2.75, 3.05) is 0 Å². The Hall–Kier alpha value is -0.610. The van der Waals surface area contributed by atoms with Gasteiger partial charge in [0.25, 0.3) is 0 Å². The maximum absolute atomic E-state index is 6.33. The predicted molar refractivity (Wildman–Crippen MR) is 71.6 cm³/mol. The molecule has 0 amide bonds. The van der Waals surface area contributed by atoms with Gasteiger partial charge in [-0.2, -0.15) is 4.98 Å². The minimum atomic E-state index is -0.320. The molecule has 0 bridgehead atoms. The molecular weight excluding hydrogens is 250 g/mol. The molecule has 1 aromatic rings. The summed E-state index contributed by atoms with van der Waals surface area (Å²) in [7, 11) is 0. The molecule has 2 aliphatic rings. The highest BCUT2D eigenvalue weighted by Crippen LogP contribution is 2.60. The molecule has 2 aliphatic carbocycles. The van der Waals surface area contributed by atoms with Gasteiger partial charge >= 0.3 is 0 Å². The van der Waals surface area contributed by atoms with E-state index in [9.17, 15) is 0 Å². The van der Waals surface area contributed by atoms with Crippen molar-refractivity contribution in [1.29, 1.82) is 0 Å². The number of rotatable bonds is 3. The maximum Gasteiger partial charge on any atom is 0.230 e. The lowest BCUT2D eigenvalue weighted by Gasteiger charge is -2.17. The number of hydrogen-bond donors (Lipinski definition) is 1. The molecular formula is C13H22ClN3O. The van der Waals surface area contributed by atoms with Crippen LogP contribution in [0.5, 0.6) is 0 Å². The van der Waals surface area contributed by atoms with E-state index in [0.29, 0.717) is 11.3 Å². The van der Waals surface area contributed by atoms with E-state index in [1.165, 1.54) is 25.7 Å². The van der Waals surface area contributed by atoms with Crippen LogP contribution in [-0.4, -0.2) is 10.1 Å². The van der Waals surface area contributed by atoms with Crippen molar-refractivity contribution < 1.29 is 4.52 Å². The van der Waals surface area contributed by atoms with Crippen molar-refractivity contribution in [3.8, 4) is 0 Å². The van der Waals surface area contributed by atoms with Gasteiger partial charge in [0.05, 0.1) is 5.54 Å². The Morgan fingerprint density at radius 3 is 2.61 bits per heavy atom. The molecule has 102 valence electrons. The minimum absolute atomic E-state index is 0. The molecule has 0 saturated heterocycles. The predicted octanol–water partition coefficient (Wildman–Crippen LogP) is 3.12. The number of aromatic nitrogens is 2. The number of nitrogens with two attached hydrogens (primary N) is 1. The summed E-state index contributed by atoms with van der Waals surface area (Å²) in [5, 5.41) is 4.12. The van der Waals surface area contributed by atoms with Crippen molar-refractivity contribution in [1.82, 2.24) is 10.1 Å². The third kappa shape index (κ3) is 2.05. The molecule has 2 saturated carbocycles. The van der Waals surface area contributed by atoms with Gasteiger partial charge < -0.3 is 10.3 Å². The van der Waals surface area contributed by atoms with Crippen LogP contribution in [0.2, 0.25) is 0 Å². The van der Waals surface area contributed by atoms with Crippen LogP contribution >= 0.6 is 12.4 Å². The lowest BCUT2D eigenvalue weighted by molar-refractivity contribution is 0.339. The van der Waals surface area contributed by atoms with Gasteiger partial charge in [0.15, 0.2) is 5.82 Å². The minimum Gasteiger partial charge on any atom is -0.339 e. The number of hydrogen-bond acceptors (Lipinski definition) is 4. The fourth-order valence-corrected chi connectivity index (χ4v) is 2.99. The first-order chi connectivity index (χ1) is 8.07. The topological polar surface area (TPSA) is 64.9 Å². The average molecular weight is 272 g/mol. The van der Waals surface area contributed by atoms with Crippen molar-refractivity contribution in [2.24, 2.45) is 11.1 Å². The van der Waals surface area contributed by atoms with Gasteiger partial charge in [-0.25, -0.2) is 0 Å². The van der Waals surface area contributed by atoms with Crippen LogP contribution in [0.3, 0.4) is 0 Å². The largest absolute Gasteiger partial charge is 0.339 e. The summed E-state index contributed by atoms with van der Waals surface area (Å²) in [6, 6.07) is 0. The summed E-state index contributed by atoms with van der Waals surface area (Å²) in [6.07, 6.45) is 6.67. The van der Waals surface area contributed by atoms with Crippen molar-refractivity contribution in [3.63, 3.8) is 0 Å². The van der Waals surface area contributed by atoms with E-state index in [1.807, 2.05) is 0 Å². The Morgan fingerprint density at radius 2 is 2.06 bits per heavy atom. The van der Waals surface area contributed by atoms with E-state index in [-0.39, 0.29) is 17.9 Å². The lowest BCUT2D eigenvalue weighted by Crippen LogP contribution is -2.34. The van der Waals surface area contributed by atoms with Gasteiger partial charge in [0.1, 0.15) is 0 Å². The first kappa shape index (κ1) is 13.8. The van der Waals surface area contributed by atoms with E-state index in [0.717, 1.165) is 24.6 Å². The highest BCUT2D eigenvalue weighted by molar-refractivity contribution is 5.85. The first-order valence-electron chi connectivity index (χ1n) is 6.70. The van der Waals surface area contributed by atoms with Gasteiger partial charge in [-0.3, -0.25) is 0 Å². The second-order valence-electron chi connectivity index (χ2n) is 6.08. The van der Waals surface area contributed by atoms with Gasteiger partial charge in [-0.15, -0.1) is 12.4 Å². The Labute approximate surface area is 114 Å². The molecule has 5 heteroatoms. The highest BCUT2D eigenvalue weighted by atomic mass is 35.5. The molecule has 1 heterocycles. The van der Waals surface area contributed by atoms with Crippen molar-refractivity contribution in [3.05, 3.63) is 11.7 Å². The number of halogens is 1. The van der Waals surface area contributed by atoms with E-state index in [4.69, 9.17) is 10.3 Å². The first-order valence-corrected chi connectivity index (χ1v) is 6.70. The molecule has 2 N–H and O–H groups in total. The summed E-state index contributed by atoms with van der Waals surface area (Å²) in [5.74, 6) is 2.00. The zero-order chi connectivity index (χ0) is 12.1. The second-order valence-corrected chi connectivity index (χ2v) is 6.08. The van der Waals surface area contributed by atoms with E-state index < -0.39 is 0 Å². The molecule has 3 rings (SSSR count). The summed E-state index contributed by atoms with van der Waals surface area (Å²) < 4.78 is 5.42. The molecule has 2 atom stereocenters. The second kappa shape index (κ2) is 4.49. The Balaban J connectivity index is 0.00000120. The molecule has 0 aromatic carbocycles. The van der Waals surface area contributed by atoms with E-state index in [1.54, 1.807) is 0 Å². The normalized spacial score (nSPS) is 33.2. The van der Waals surface area contributed by atoms with Crippen molar-refractivity contribution in [2.45, 2.75) is 63.8 Å². The van der Waals surface area contributed by atoms with Crippen LogP contribution in [-0.2, 0) is 5.54 Å². The van der Waals surface area contributed by atoms with Gasteiger partial charge in [-0.1, -0.05) is 31.8 Å². The molecule has 0 radical (unpaired) electrons. The molecule has 1 aromatic heterocycles. The van der Waals surface area contributed by atoms with Crippen LogP contribution in [0.25, 0.3) is 0 Å². The molecule has 0 aliphatic heterocycles. The lowest BCUT2D eigenvalue weighted by atomic mass is 9.98. The summed E-state index contributed by atoms with van der Waals surface area (Å²) in [6.45, 7) is 4.51. The number of nitrogens with zero attached hydrogens (tertiary/aromatic N) is 2. The molecule has 18 heavy (non-hydrogen) atoms. The average Bonchev–Trinajstić information content (AvgIpc) is 2.78. The van der Waals surface area contributed by atoms with Gasteiger partial charge in [-0.05, 0) is 31.1 Å². The van der Waals surface area contributed by atoms with E-state index >= 15 is 0 Å². The zero-order valence-electron chi connectivity index (χ0n) is 11.1. The quantitative estimate of drug-likeness (QED) is 0.917. The fraction of sp³-hybridized carbons (Fsp3) is 0.846. The van der Waals surface area contributed by atoms with Crippen LogP contribution < -0.4 is 5.73 Å². The smallest absolute Gasteiger partial charge is 0.230 e. The van der Waals surface area contributed by atoms with Crippen molar-refractivity contribution >= 4 is 12.4 Å². The van der Waals surface area contributed by atoms with Crippen LogP contribution in [0.4, 0.5) is 0 Å². The molecule has 4 nitrogen and oxygen atoms in total. The SMILES string of the molecule is CCC1(C)CC1c1nc(C2(N)CCCC2)no1.Cl. The fourth-order valence-electron chi connectivity index (χ4n) is 2.99. The Bertz CT molecular complexity index is 428. The monoisotopic (exact) mass is 271 g/mol. The van der Waals surface area contributed by atoms with E-state index in [2.05, 4.69) is 24.0 Å². The van der Waals surface area contributed by atoms with Gasteiger partial charge in [0.2, 0.25) is 5.89 Å². The van der Waals surface area contributed by atoms with Crippen LogP contribution in [0.15, 0.2) is 4.52 Å². The maximum atomic E-state index is 6.33. The standard InChI is InChI=1S/C13H21N3O.ClH/c1-3-12(2)8-9(12)10-15-11(16-17-10)13(14)6-4-5-7-13;/h9H,3-8,14H2,1-2H3;1H. The van der Waals surface area contributed by atoms with Crippen LogP contribution in [0, 0.1) is 5.41 Å². The molecule has 0 spiro atoms. The van der Waals surface area contributed by atoms with Gasteiger partial charge in [0, 0.05) is 5.92 Å². The Morgan fingerprint density at radius 1 is 1.39 bits per heavy atom. The third-order valence-electron chi connectivity index (χ3n) is 4.84. The Kier molecular flexibility index (Phi) is 3.45. The summed E-state index contributed by atoms with van der Waals surface area (Å²) in [4.78, 5) is 4.57. The molecule has 2 unspecified atom stereocenters. The summed E-state index contributed by atoms with van der Waals surface area (Å²) >= 11 is 0. The van der Waals surface area contributed by atoms with Crippen LogP contribution in [0.1, 0.15) is 70.0 Å². The third-order valence-corrected chi connectivity index (χ3v) is 4.84. The highest BCUT2D eigenvalue weighted by Gasteiger charge is 2.53. The zero-order valence-corrected chi connectivity index (χ0v) is 11.9. The molecule has 2 fully saturated rings. The summed E-state index contributed by atoms with van der Waals surface area (Å²) in [5.41, 5.74) is 6.39.